The number of anilines is 1. The molecule has 0 aliphatic rings. The van der Waals surface area contributed by atoms with E-state index in [2.05, 4.69) is 26.7 Å². The Labute approximate surface area is 184 Å². The standard InChI is InChI=1S/C21H21N5O3S2/c1-3-4-16-13-20(26-21(24-16)22-14-23-26)30-18-9-5-15(6-10-18)25-31(27,28)19-11-7-17(29-2)8-12-19/h5-14,25H,3-4H2,1-2H3. The number of fused-ring (bicyclic) bond motifs is 1. The van der Waals surface area contributed by atoms with Crippen LogP contribution in [-0.4, -0.2) is 35.1 Å². The summed E-state index contributed by atoms with van der Waals surface area (Å²) in [4.78, 5) is 9.82. The maximum absolute atomic E-state index is 12.6. The normalized spacial score (nSPS) is 11.5. The van der Waals surface area contributed by atoms with Gasteiger partial charge in [0.1, 0.15) is 17.1 Å². The van der Waals surface area contributed by atoms with E-state index in [9.17, 15) is 8.42 Å². The fourth-order valence-electron chi connectivity index (χ4n) is 2.97. The molecule has 4 aromatic rings. The molecular weight excluding hydrogens is 434 g/mol. The number of hydrogen-bond acceptors (Lipinski definition) is 7. The molecule has 2 aromatic heterocycles. The van der Waals surface area contributed by atoms with Crippen molar-refractivity contribution in [1.29, 1.82) is 0 Å². The number of ether oxygens (including phenoxy) is 1. The van der Waals surface area contributed by atoms with E-state index in [-0.39, 0.29) is 4.90 Å². The monoisotopic (exact) mass is 455 g/mol. The van der Waals surface area contributed by atoms with E-state index >= 15 is 0 Å². The van der Waals surface area contributed by atoms with Gasteiger partial charge in [0.05, 0.1) is 12.0 Å². The summed E-state index contributed by atoms with van der Waals surface area (Å²) in [5.41, 5.74) is 1.45. The van der Waals surface area contributed by atoms with E-state index in [1.807, 2.05) is 18.2 Å². The Kier molecular flexibility index (Phi) is 6.10. The number of methoxy groups -OCH3 is 1. The molecule has 1 N–H and O–H groups in total. The van der Waals surface area contributed by atoms with Gasteiger partial charge in [-0.2, -0.15) is 14.6 Å². The predicted molar refractivity (Wildman–Crippen MR) is 119 cm³/mol. The number of nitrogens with zero attached hydrogens (tertiary/aromatic N) is 4. The van der Waals surface area contributed by atoms with Gasteiger partial charge in [-0.1, -0.05) is 25.1 Å². The summed E-state index contributed by atoms with van der Waals surface area (Å²) in [6.45, 7) is 2.11. The van der Waals surface area contributed by atoms with Crippen LogP contribution in [0.3, 0.4) is 0 Å². The minimum absolute atomic E-state index is 0.167. The van der Waals surface area contributed by atoms with Crippen LogP contribution in [0.5, 0.6) is 5.75 Å². The lowest BCUT2D eigenvalue weighted by Crippen LogP contribution is -2.12. The zero-order valence-corrected chi connectivity index (χ0v) is 18.7. The van der Waals surface area contributed by atoms with Gasteiger partial charge >= 0.3 is 0 Å². The molecule has 4 rings (SSSR count). The Balaban J connectivity index is 1.52. The van der Waals surface area contributed by atoms with Crippen LogP contribution in [0.4, 0.5) is 5.69 Å². The molecule has 0 saturated heterocycles. The Morgan fingerprint density at radius 1 is 1.10 bits per heavy atom. The molecule has 0 saturated carbocycles. The molecule has 2 heterocycles. The minimum atomic E-state index is -3.69. The van der Waals surface area contributed by atoms with Crippen LogP contribution in [0.25, 0.3) is 5.78 Å². The Bertz CT molecular complexity index is 1290. The van der Waals surface area contributed by atoms with Gasteiger partial charge in [-0.25, -0.2) is 13.4 Å². The smallest absolute Gasteiger partial charge is 0.261 e. The minimum Gasteiger partial charge on any atom is -0.497 e. The van der Waals surface area contributed by atoms with Crippen molar-refractivity contribution in [2.45, 2.75) is 34.6 Å². The first-order chi connectivity index (χ1) is 15.0. The number of hydrogen-bond donors (Lipinski definition) is 1. The third kappa shape index (κ3) is 4.80. The number of rotatable bonds is 8. The number of benzene rings is 2. The maximum atomic E-state index is 12.6. The molecule has 2 aromatic carbocycles. The Hall–Kier alpha value is -3.11. The lowest BCUT2D eigenvalue weighted by molar-refractivity contribution is 0.414. The summed E-state index contributed by atoms with van der Waals surface area (Å²) in [5, 5.41) is 5.15. The van der Waals surface area contributed by atoms with E-state index in [0.29, 0.717) is 17.2 Å². The summed E-state index contributed by atoms with van der Waals surface area (Å²) in [6.07, 6.45) is 3.34. The van der Waals surface area contributed by atoms with Crippen molar-refractivity contribution in [2.75, 3.05) is 11.8 Å². The second-order valence-corrected chi connectivity index (χ2v) is 9.49. The van der Waals surface area contributed by atoms with Crippen LogP contribution in [0.2, 0.25) is 0 Å². The third-order valence-electron chi connectivity index (χ3n) is 4.48. The highest BCUT2D eigenvalue weighted by Crippen LogP contribution is 2.29. The van der Waals surface area contributed by atoms with Crippen molar-refractivity contribution in [2.24, 2.45) is 0 Å². The molecule has 31 heavy (non-hydrogen) atoms. The quantitative estimate of drug-likeness (QED) is 0.400. The highest BCUT2D eigenvalue weighted by atomic mass is 32.2. The van der Waals surface area contributed by atoms with Gasteiger partial charge in [0, 0.05) is 16.3 Å². The lowest BCUT2D eigenvalue weighted by atomic mass is 10.2. The van der Waals surface area contributed by atoms with Crippen LogP contribution in [0.1, 0.15) is 19.0 Å². The first kappa shape index (κ1) is 21.1. The molecule has 0 radical (unpaired) electrons. The third-order valence-corrected chi connectivity index (χ3v) is 6.88. The van der Waals surface area contributed by atoms with Crippen LogP contribution in [-0.2, 0) is 16.4 Å². The molecule has 160 valence electrons. The van der Waals surface area contributed by atoms with Gasteiger partial charge in [0.15, 0.2) is 0 Å². The highest BCUT2D eigenvalue weighted by molar-refractivity contribution is 7.99. The first-order valence-corrected chi connectivity index (χ1v) is 11.9. The number of sulfonamides is 1. The largest absolute Gasteiger partial charge is 0.497 e. The molecule has 0 spiro atoms. The molecule has 0 aliphatic carbocycles. The molecule has 0 amide bonds. The average Bonchev–Trinajstić information content (AvgIpc) is 3.24. The van der Waals surface area contributed by atoms with Crippen molar-refractivity contribution >= 4 is 33.3 Å². The molecule has 0 aliphatic heterocycles. The van der Waals surface area contributed by atoms with Crippen molar-refractivity contribution in [3.05, 3.63) is 66.6 Å². The van der Waals surface area contributed by atoms with Gasteiger partial charge in [-0.05, 0) is 61.0 Å². The Morgan fingerprint density at radius 2 is 1.84 bits per heavy atom. The second kappa shape index (κ2) is 8.94. The van der Waals surface area contributed by atoms with Crippen LogP contribution in [0.15, 0.2) is 75.7 Å². The van der Waals surface area contributed by atoms with Gasteiger partial charge in [-0.3, -0.25) is 4.72 Å². The number of aryl methyl sites for hydroxylation is 1. The molecule has 0 bridgehead atoms. The van der Waals surface area contributed by atoms with E-state index in [0.717, 1.165) is 28.5 Å². The van der Waals surface area contributed by atoms with Gasteiger partial charge in [-0.15, -0.1) is 0 Å². The zero-order chi connectivity index (χ0) is 21.8. The molecule has 0 unspecified atom stereocenters. The number of nitrogens with one attached hydrogen (secondary N) is 1. The fraction of sp³-hybridized carbons (Fsp3) is 0.190. The fourth-order valence-corrected chi connectivity index (χ4v) is 4.95. The SMILES string of the molecule is CCCc1cc(Sc2ccc(NS(=O)(=O)c3ccc(OC)cc3)cc2)n2ncnc2n1. The zero-order valence-electron chi connectivity index (χ0n) is 17.0. The maximum Gasteiger partial charge on any atom is 0.261 e. The van der Waals surface area contributed by atoms with Crippen molar-refractivity contribution in [3.8, 4) is 5.75 Å². The number of aromatic nitrogens is 4. The topological polar surface area (TPSA) is 98.5 Å². The van der Waals surface area contributed by atoms with Crippen molar-refractivity contribution in [1.82, 2.24) is 19.6 Å². The van der Waals surface area contributed by atoms with Crippen LogP contribution in [0, 0.1) is 0 Å². The van der Waals surface area contributed by atoms with E-state index in [4.69, 9.17) is 4.74 Å². The summed E-state index contributed by atoms with van der Waals surface area (Å²) in [6, 6.07) is 15.4. The van der Waals surface area contributed by atoms with Crippen LogP contribution >= 0.6 is 11.8 Å². The van der Waals surface area contributed by atoms with Crippen LogP contribution < -0.4 is 9.46 Å². The van der Waals surface area contributed by atoms with Crippen molar-refractivity contribution < 1.29 is 13.2 Å². The molecule has 0 fully saturated rings. The van der Waals surface area contributed by atoms with E-state index in [1.54, 1.807) is 28.8 Å². The lowest BCUT2D eigenvalue weighted by Gasteiger charge is -2.10. The molecule has 10 heteroatoms. The molecular formula is C21H21N5O3S2. The average molecular weight is 456 g/mol. The summed E-state index contributed by atoms with van der Waals surface area (Å²) < 4.78 is 34.6. The highest BCUT2D eigenvalue weighted by Gasteiger charge is 2.15. The first-order valence-electron chi connectivity index (χ1n) is 9.63. The molecule has 8 nitrogen and oxygen atoms in total. The predicted octanol–water partition coefficient (Wildman–Crippen LogP) is 4.04. The molecule has 0 atom stereocenters. The summed E-state index contributed by atoms with van der Waals surface area (Å²) in [5.74, 6) is 1.16. The van der Waals surface area contributed by atoms with Crippen molar-refractivity contribution in [3.63, 3.8) is 0 Å². The van der Waals surface area contributed by atoms with E-state index in [1.165, 1.54) is 37.3 Å². The Morgan fingerprint density at radius 3 is 2.52 bits per heavy atom. The van der Waals surface area contributed by atoms with Gasteiger partial charge in [0.25, 0.3) is 15.8 Å². The van der Waals surface area contributed by atoms with Gasteiger partial charge < -0.3 is 4.74 Å². The van der Waals surface area contributed by atoms with E-state index < -0.39 is 10.0 Å². The summed E-state index contributed by atoms with van der Waals surface area (Å²) in [7, 11) is -2.15. The second-order valence-electron chi connectivity index (χ2n) is 6.72. The summed E-state index contributed by atoms with van der Waals surface area (Å²) >= 11 is 1.52. The van der Waals surface area contributed by atoms with Gasteiger partial charge in [0.2, 0.25) is 0 Å².